The summed E-state index contributed by atoms with van der Waals surface area (Å²) in [4.78, 5) is 0. The molecule has 0 bridgehead atoms. The average Bonchev–Trinajstić information content (AvgIpc) is 2.78. The van der Waals surface area contributed by atoms with E-state index in [2.05, 4.69) is 12.2 Å². The number of hydrogen-bond acceptors (Lipinski definition) is 1. The highest BCUT2D eigenvalue weighted by Crippen LogP contribution is 2.28. The van der Waals surface area contributed by atoms with Crippen LogP contribution in [-0.2, 0) is 6.54 Å². The van der Waals surface area contributed by atoms with Gasteiger partial charge in [-0.15, -0.1) is 0 Å². The van der Waals surface area contributed by atoms with Gasteiger partial charge in [-0.2, -0.15) is 0 Å². The van der Waals surface area contributed by atoms with E-state index in [4.69, 9.17) is 11.6 Å². The second kappa shape index (κ2) is 5.83. The topological polar surface area (TPSA) is 12.0 Å². The summed E-state index contributed by atoms with van der Waals surface area (Å²) in [5.41, 5.74) is 1.05. The average molecular weight is 256 g/mol. The van der Waals surface area contributed by atoms with Gasteiger partial charge < -0.3 is 5.32 Å². The van der Waals surface area contributed by atoms with Gasteiger partial charge in [-0.1, -0.05) is 37.4 Å². The Morgan fingerprint density at radius 3 is 2.94 bits per heavy atom. The molecule has 1 N–H and O–H groups in total. The first-order chi connectivity index (χ1) is 8.20. The maximum Gasteiger partial charge on any atom is 0.141 e. The van der Waals surface area contributed by atoms with Gasteiger partial charge in [0.2, 0.25) is 0 Å². The molecule has 1 nitrogen and oxygen atoms in total. The van der Waals surface area contributed by atoms with Crippen LogP contribution in [0.5, 0.6) is 0 Å². The van der Waals surface area contributed by atoms with Gasteiger partial charge in [-0.25, -0.2) is 4.39 Å². The fraction of sp³-hybridized carbons (Fsp3) is 0.571. The first kappa shape index (κ1) is 12.8. The lowest BCUT2D eigenvalue weighted by atomic mass is 10.0. The summed E-state index contributed by atoms with van der Waals surface area (Å²) in [6.45, 7) is 3.03. The van der Waals surface area contributed by atoms with E-state index in [1.807, 2.05) is 0 Å². The maximum absolute atomic E-state index is 13.0. The molecule has 2 atom stereocenters. The van der Waals surface area contributed by atoms with Crippen LogP contribution in [0.3, 0.4) is 0 Å². The maximum atomic E-state index is 13.0. The summed E-state index contributed by atoms with van der Waals surface area (Å²) in [5.74, 6) is 0.452. The predicted octanol–water partition coefficient (Wildman–Crippen LogP) is 4.15. The number of nitrogens with one attached hydrogen (secondary N) is 1. The second-order valence-corrected chi connectivity index (χ2v) is 5.24. The van der Waals surface area contributed by atoms with Gasteiger partial charge in [-0.3, -0.25) is 0 Å². The van der Waals surface area contributed by atoms with Crippen molar-refractivity contribution in [2.75, 3.05) is 0 Å². The molecule has 0 saturated heterocycles. The largest absolute Gasteiger partial charge is 0.310 e. The van der Waals surface area contributed by atoms with Crippen molar-refractivity contribution in [2.45, 2.75) is 45.2 Å². The number of rotatable bonds is 4. The minimum atomic E-state index is -0.345. The molecule has 0 spiro atoms. The van der Waals surface area contributed by atoms with Gasteiger partial charge >= 0.3 is 0 Å². The standard InChI is InChI=1S/C14H19ClFN/c1-2-11-4-3-5-14(11)17-9-10-6-7-13(16)12(15)8-10/h6-8,11,14,17H,2-5,9H2,1H3. The minimum absolute atomic E-state index is 0.211. The van der Waals surface area contributed by atoms with E-state index in [1.54, 1.807) is 12.1 Å². The minimum Gasteiger partial charge on any atom is -0.310 e. The molecule has 0 aliphatic heterocycles. The van der Waals surface area contributed by atoms with Crippen molar-refractivity contribution in [2.24, 2.45) is 5.92 Å². The lowest BCUT2D eigenvalue weighted by molar-refractivity contribution is 0.389. The summed E-state index contributed by atoms with van der Waals surface area (Å²) in [7, 11) is 0. The molecule has 1 aromatic rings. The summed E-state index contributed by atoms with van der Waals surface area (Å²) < 4.78 is 13.0. The Morgan fingerprint density at radius 2 is 2.24 bits per heavy atom. The Balaban J connectivity index is 1.91. The highest BCUT2D eigenvalue weighted by atomic mass is 35.5. The third-order valence-corrected chi connectivity index (χ3v) is 4.03. The van der Waals surface area contributed by atoms with E-state index in [-0.39, 0.29) is 10.8 Å². The highest BCUT2D eigenvalue weighted by molar-refractivity contribution is 6.30. The highest BCUT2D eigenvalue weighted by Gasteiger charge is 2.24. The fourth-order valence-electron chi connectivity index (χ4n) is 2.69. The quantitative estimate of drug-likeness (QED) is 0.852. The molecule has 2 unspecified atom stereocenters. The fourth-order valence-corrected chi connectivity index (χ4v) is 2.90. The lowest BCUT2D eigenvalue weighted by Crippen LogP contribution is -2.31. The zero-order valence-electron chi connectivity index (χ0n) is 10.2. The molecule has 1 aliphatic rings. The van der Waals surface area contributed by atoms with E-state index in [1.165, 1.54) is 31.7 Å². The molecule has 0 amide bonds. The number of benzene rings is 1. The summed E-state index contributed by atoms with van der Waals surface area (Å²) in [5, 5.41) is 3.78. The first-order valence-corrected chi connectivity index (χ1v) is 6.75. The molecule has 1 saturated carbocycles. The van der Waals surface area contributed by atoms with Gasteiger partial charge in [-0.05, 0) is 36.5 Å². The smallest absolute Gasteiger partial charge is 0.141 e. The molecule has 0 radical (unpaired) electrons. The normalized spacial score (nSPS) is 24.2. The van der Waals surface area contributed by atoms with Crippen LogP contribution in [-0.4, -0.2) is 6.04 Å². The number of hydrogen-bond donors (Lipinski definition) is 1. The first-order valence-electron chi connectivity index (χ1n) is 6.38. The molecule has 1 fully saturated rings. The van der Waals surface area contributed by atoms with Gasteiger partial charge in [0.25, 0.3) is 0 Å². The predicted molar refractivity (Wildman–Crippen MR) is 69.7 cm³/mol. The van der Waals surface area contributed by atoms with E-state index in [0.717, 1.165) is 18.0 Å². The molecular formula is C14H19ClFN. The Kier molecular flexibility index (Phi) is 4.41. The summed E-state index contributed by atoms with van der Waals surface area (Å²) in [6, 6.07) is 5.55. The van der Waals surface area contributed by atoms with Crippen LogP contribution >= 0.6 is 11.6 Å². The molecule has 1 aliphatic carbocycles. The van der Waals surface area contributed by atoms with Gasteiger partial charge in [0.05, 0.1) is 5.02 Å². The van der Waals surface area contributed by atoms with Crippen LogP contribution in [0.1, 0.15) is 38.2 Å². The van der Waals surface area contributed by atoms with Crippen LogP contribution in [0.4, 0.5) is 4.39 Å². The van der Waals surface area contributed by atoms with Crippen molar-refractivity contribution in [3.8, 4) is 0 Å². The van der Waals surface area contributed by atoms with Crippen LogP contribution in [0.25, 0.3) is 0 Å². The SMILES string of the molecule is CCC1CCCC1NCc1ccc(F)c(Cl)c1. The Morgan fingerprint density at radius 1 is 1.41 bits per heavy atom. The zero-order chi connectivity index (χ0) is 12.3. The second-order valence-electron chi connectivity index (χ2n) is 4.84. The van der Waals surface area contributed by atoms with Crippen LogP contribution in [0, 0.1) is 11.7 Å². The van der Waals surface area contributed by atoms with Gasteiger partial charge in [0.1, 0.15) is 5.82 Å². The van der Waals surface area contributed by atoms with Crippen molar-refractivity contribution in [3.05, 3.63) is 34.6 Å². The molecule has 1 aromatic carbocycles. The van der Waals surface area contributed by atoms with E-state index < -0.39 is 0 Å². The van der Waals surface area contributed by atoms with Crippen molar-refractivity contribution < 1.29 is 4.39 Å². The van der Waals surface area contributed by atoms with E-state index in [0.29, 0.717) is 6.04 Å². The van der Waals surface area contributed by atoms with Gasteiger partial charge in [0, 0.05) is 12.6 Å². The van der Waals surface area contributed by atoms with E-state index >= 15 is 0 Å². The zero-order valence-corrected chi connectivity index (χ0v) is 10.9. The summed E-state index contributed by atoms with van der Waals surface area (Å²) >= 11 is 5.76. The van der Waals surface area contributed by atoms with Crippen molar-refractivity contribution in [3.63, 3.8) is 0 Å². The van der Waals surface area contributed by atoms with E-state index in [9.17, 15) is 4.39 Å². The molecule has 2 rings (SSSR count). The summed E-state index contributed by atoms with van der Waals surface area (Å²) in [6.07, 6.45) is 5.15. The molecule has 0 heterocycles. The Bertz CT molecular complexity index is 380. The van der Waals surface area contributed by atoms with Crippen molar-refractivity contribution >= 4 is 11.6 Å². The Labute approximate surface area is 107 Å². The van der Waals surface area contributed by atoms with Crippen molar-refractivity contribution in [1.82, 2.24) is 5.32 Å². The lowest BCUT2D eigenvalue weighted by Gasteiger charge is -2.19. The van der Waals surface area contributed by atoms with Crippen LogP contribution in [0.2, 0.25) is 5.02 Å². The van der Waals surface area contributed by atoms with Crippen LogP contribution < -0.4 is 5.32 Å². The molecule has 17 heavy (non-hydrogen) atoms. The molecule has 0 aromatic heterocycles. The van der Waals surface area contributed by atoms with Gasteiger partial charge in [0.15, 0.2) is 0 Å². The molecular weight excluding hydrogens is 237 g/mol. The molecule has 3 heteroatoms. The Hall–Kier alpha value is -0.600. The third-order valence-electron chi connectivity index (χ3n) is 3.74. The number of halogens is 2. The van der Waals surface area contributed by atoms with Crippen LogP contribution in [0.15, 0.2) is 18.2 Å². The molecule has 94 valence electrons. The third kappa shape index (κ3) is 3.20. The van der Waals surface area contributed by atoms with Crippen molar-refractivity contribution in [1.29, 1.82) is 0 Å². The monoisotopic (exact) mass is 255 g/mol.